The van der Waals surface area contributed by atoms with Crippen LogP contribution < -0.4 is 0 Å². The molecule has 24 atom stereocenters. The Morgan fingerprint density at radius 2 is 1.41 bits per heavy atom. The van der Waals surface area contributed by atoms with Gasteiger partial charge in [-0.15, -0.1) is 0 Å². The van der Waals surface area contributed by atoms with Crippen molar-refractivity contribution in [3.8, 4) is 0 Å². The van der Waals surface area contributed by atoms with Crippen LogP contribution in [0.15, 0.2) is 0 Å². The number of aliphatic hydroxyl groups excluding tert-OH is 9. The summed E-state index contributed by atoms with van der Waals surface area (Å²) in [6.45, 7) is 8.37. The monoisotopic (exact) mass is 772 g/mol. The predicted octanol–water partition coefficient (Wildman–Crippen LogP) is -0.616. The predicted molar refractivity (Wildman–Crippen MR) is 186 cm³/mol. The van der Waals surface area contributed by atoms with E-state index < -0.39 is 98.7 Å². The van der Waals surface area contributed by atoms with Crippen LogP contribution in [-0.2, 0) is 28.4 Å². The minimum Gasteiger partial charge on any atom is -0.394 e. The van der Waals surface area contributed by atoms with Gasteiger partial charge in [0, 0.05) is 23.7 Å². The van der Waals surface area contributed by atoms with E-state index in [1.807, 2.05) is 0 Å². The Kier molecular flexibility index (Phi) is 10.9. The molecule has 15 heteroatoms. The van der Waals surface area contributed by atoms with Crippen molar-refractivity contribution in [3.63, 3.8) is 0 Å². The second-order valence-corrected chi connectivity index (χ2v) is 18.9. The van der Waals surface area contributed by atoms with Gasteiger partial charge in [0.05, 0.1) is 44.2 Å². The first-order valence-corrected chi connectivity index (χ1v) is 20.5. The van der Waals surface area contributed by atoms with Gasteiger partial charge < -0.3 is 74.4 Å². The molecule has 8 rings (SSSR count). The topological polar surface area (TPSA) is 237 Å². The second kappa shape index (κ2) is 14.6. The molecule has 8 fully saturated rings. The number of aliphatic hydroxyl groups is 9. The summed E-state index contributed by atoms with van der Waals surface area (Å²) in [6.07, 6.45) is -11.6. The molecule has 4 aliphatic carbocycles. The van der Waals surface area contributed by atoms with Gasteiger partial charge in [-0.3, -0.25) is 0 Å². The Hall–Kier alpha value is -0.600. The van der Waals surface area contributed by atoms with E-state index in [-0.39, 0.29) is 46.5 Å². The number of hydrogen-bond acceptors (Lipinski definition) is 15. The molecule has 0 amide bonds. The van der Waals surface area contributed by atoms with Crippen molar-refractivity contribution < 1.29 is 74.4 Å². The van der Waals surface area contributed by atoms with Crippen molar-refractivity contribution in [1.29, 1.82) is 0 Å². The molecule has 9 N–H and O–H groups in total. The molecule has 0 aromatic carbocycles. The molecule has 0 aromatic rings. The molecular formula is C39H64O15. The third kappa shape index (κ3) is 6.09. The van der Waals surface area contributed by atoms with Crippen LogP contribution in [0.5, 0.6) is 0 Å². The summed E-state index contributed by atoms with van der Waals surface area (Å²) in [4.78, 5) is 0. The lowest BCUT2D eigenvalue weighted by Crippen LogP contribution is -2.65. The highest BCUT2D eigenvalue weighted by atomic mass is 16.8. The minimum atomic E-state index is -1.79. The van der Waals surface area contributed by atoms with Crippen LogP contribution in [0.3, 0.4) is 0 Å². The lowest BCUT2D eigenvalue weighted by Gasteiger charge is -2.63. The molecular weight excluding hydrogens is 708 g/mol. The number of hydrogen-bond donors (Lipinski definition) is 9. The highest BCUT2D eigenvalue weighted by molar-refractivity contribution is 5.18. The summed E-state index contributed by atoms with van der Waals surface area (Å²) in [7, 11) is 0. The molecule has 15 nitrogen and oxygen atoms in total. The van der Waals surface area contributed by atoms with Gasteiger partial charge in [-0.05, 0) is 80.0 Å². The van der Waals surface area contributed by atoms with E-state index in [1.54, 1.807) is 0 Å². The SMILES string of the molecule is C[C@@H]1CC[C@@]2(OC1)O[C@H]1C[C@H]3[C@@H]4CC[C@@H]5C[C@@H](O[C@@H]6O[C@H](CO)[C@H](O)[C@H](O)[C@H]6O[C@@H]6O[C@H](CO)[C@@H](O)[C@H](O)[C@H]6O)[C@@H](O)C[C@]5(C)[C@H]4C[C@@H](O)[C@]3(C)[C@H]1[C@@H]2C. The fraction of sp³-hybridized carbons (Fsp3) is 1.00. The Morgan fingerprint density at radius 1 is 0.722 bits per heavy atom. The molecule has 4 saturated carbocycles. The van der Waals surface area contributed by atoms with Crippen LogP contribution in [0.25, 0.3) is 0 Å². The summed E-state index contributed by atoms with van der Waals surface area (Å²) in [5, 5.41) is 96.7. The maximum absolute atomic E-state index is 12.2. The number of rotatable bonds is 6. The Labute approximate surface area is 316 Å². The van der Waals surface area contributed by atoms with Crippen LogP contribution in [0.4, 0.5) is 0 Å². The fourth-order valence-corrected chi connectivity index (χ4v) is 13.2. The molecule has 0 unspecified atom stereocenters. The summed E-state index contributed by atoms with van der Waals surface area (Å²) in [6, 6.07) is 0. The van der Waals surface area contributed by atoms with E-state index in [2.05, 4.69) is 27.7 Å². The van der Waals surface area contributed by atoms with E-state index in [4.69, 9.17) is 28.4 Å². The lowest BCUT2D eigenvalue weighted by molar-refractivity contribution is -0.376. The minimum absolute atomic E-state index is 0.0438. The highest BCUT2D eigenvalue weighted by Gasteiger charge is 2.72. The zero-order chi connectivity index (χ0) is 38.6. The maximum Gasteiger partial charge on any atom is 0.187 e. The third-order valence-corrected chi connectivity index (χ3v) is 16.3. The smallest absolute Gasteiger partial charge is 0.187 e. The molecule has 4 heterocycles. The number of ether oxygens (including phenoxy) is 6. The second-order valence-electron chi connectivity index (χ2n) is 18.9. The summed E-state index contributed by atoms with van der Waals surface area (Å²) in [5.41, 5.74) is -0.590. The van der Waals surface area contributed by atoms with Crippen LogP contribution in [-0.4, -0.2) is 157 Å². The largest absolute Gasteiger partial charge is 0.394 e. The van der Waals surface area contributed by atoms with Gasteiger partial charge in [0.1, 0.15) is 48.8 Å². The molecule has 1 spiro atoms. The van der Waals surface area contributed by atoms with E-state index in [9.17, 15) is 46.0 Å². The van der Waals surface area contributed by atoms with Crippen LogP contribution in [0.2, 0.25) is 0 Å². The van der Waals surface area contributed by atoms with Crippen molar-refractivity contribution in [2.45, 2.75) is 171 Å². The first kappa shape index (κ1) is 40.2. The summed E-state index contributed by atoms with van der Waals surface area (Å²) in [5.74, 6) is 1.31. The van der Waals surface area contributed by atoms with Crippen molar-refractivity contribution in [1.82, 2.24) is 0 Å². The Bertz CT molecular complexity index is 1330. The van der Waals surface area contributed by atoms with E-state index in [0.29, 0.717) is 37.7 Å². The van der Waals surface area contributed by atoms with Crippen LogP contribution >= 0.6 is 0 Å². The van der Waals surface area contributed by atoms with Gasteiger partial charge in [-0.1, -0.05) is 27.7 Å². The molecule has 0 aromatic heterocycles. The third-order valence-electron chi connectivity index (χ3n) is 16.3. The molecule has 0 bridgehead atoms. The molecule has 4 aliphatic heterocycles. The average Bonchev–Trinajstić information content (AvgIpc) is 3.59. The first-order chi connectivity index (χ1) is 25.6. The Morgan fingerprint density at radius 3 is 2.07 bits per heavy atom. The fourth-order valence-electron chi connectivity index (χ4n) is 13.2. The zero-order valence-electron chi connectivity index (χ0n) is 31.9. The maximum atomic E-state index is 12.2. The first-order valence-electron chi connectivity index (χ1n) is 20.5. The van der Waals surface area contributed by atoms with Crippen molar-refractivity contribution in [3.05, 3.63) is 0 Å². The molecule has 4 saturated heterocycles. The Balaban J connectivity index is 0.978. The quantitative estimate of drug-likeness (QED) is 0.153. The normalized spacial score (nSPS) is 60.1. The average molecular weight is 773 g/mol. The van der Waals surface area contributed by atoms with E-state index in [0.717, 1.165) is 32.1 Å². The van der Waals surface area contributed by atoms with E-state index in [1.165, 1.54) is 0 Å². The van der Waals surface area contributed by atoms with E-state index >= 15 is 0 Å². The zero-order valence-corrected chi connectivity index (χ0v) is 31.9. The number of fused-ring (bicyclic) bond motifs is 7. The lowest BCUT2D eigenvalue weighted by atomic mass is 9.43. The van der Waals surface area contributed by atoms with Crippen molar-refractivity contribution in [2.75, 3.05) is 19.8 Å². The van der Waals surface area contributed by atoms with Gasteiger partial charge in [0.25, 0.3) is 0 Å². The molecule has 8 aliphatic rings. The van der Waals surface area contributed by atoms with Gasteiger partial charge in [-0.25, -0.2) is 0 Å². The van der Waals surface area contributed by atoms with Gasteiger partial charge >= 0.3 is 0 Å². The van der Waals surface area contributed by atoms with Gasteiger partial charge in [0.2, 0.25) is 0 Å². The van der Waals surface area contributed by atoms with Crippen LogP contribution in [0.1, 0.15) is 79.1 Å². The van der Waals surface area contributed by atoms with Crippen molar-refractivity contribution >= 4 is 0 Å². The van der Waals surface area contributed by atoms with Gasteiger partial charge in [-0.2, -0.15) is 0 Å². The summed E-state index contributed by atoms with van der Waals surface area (Å²) < 4.78 is 37.0. The highest BCUT2D eigenvalue weighted by Crippen LogP contribution is 2.71. The van der Waals surface area contributed by atoms with Crippen molar-refractivity contribution in [2.24, 2.45) is 52.3 Å². The molecule has 0 radical (unpaired) electrons. The standard InChI is InChI=1S/C39H64O15/c1-16-7-8-39(49-15-16)17(2)28-24(54-39)10-21-19-6-5-18-9-23(22(42)12-37(18,3)20(19)11-27(43)38(21,28)4)50-36-34(32(47)30(45)26(14-41)52-36)53-35-33(48)31(46)29(44)25(13-40)51-35/h16-36,40-48H,5-15H2,1-4H3/t16-,17+,18-,19-,20+,21+,22+,23-,24+,25-,26-,27-,28+,29-,30+,31+,32+,33-,34-,35+,36-,37+,38-,39-/m1/s1. The summed E-state index contributed by atoms with van der Waals surface area (Å²) >= 11 is 0. The van der Waals surface area contributed by atoms with Crippen LogP contribution in [0, 0.1) is 52.3 Å². The molecule has 310 valence electrons. The molecule has 54 heavy (non-hydrogen) atoms. The van der Waals surface area contributed by atoms with Gasteiger partial charge in [0.15, 0.2) is 18.4 Å².